The number of rotatable bonds is 2. The van der Waals surface area contributed by atoms with Crippen molar-refractivity contribution in [3.8, 4) is 0 Å². The number of fused-ring (bicyclic) bond motifs is 1. The molecular formula is C16H13ClF2. The van der Waals surface area contributed by atoms with Crippen LogP contribution in [0.3, 0.4) is 0 Å². The molecule has 0 N–H and O–H groups in total. The van der Waals surface area contributed by atoms with E-state index < -0.39 is 17.0 Å². The van der Waals surface area contributed by atoms with Crippen LogP contribution in [-0.2, 0) is 12.8 Å². The Kier molecular flexibility index (Phi) is 3.28. The van der Waals surface area contributed by atoms with E-state index in [1.54, 1.807) is 0 Å². The summed E-state index contributed by atoms with van der Waals surface area (Å²) in [6.07, 6.45) is 3.34. The zero-order chi connectivity index (χ0) is 13.4. The third kappa shape index (κ3) is 2.50. The van der Waals surface area contributed by atoms with Crippen LogP contribution in [0, 0.1) is 11.6 Å². The Morgan fingerprint density at radius 3 is 2.26 bits per heavy atom. The topological polar surface area (TPSA) is 0 Å². The van der Waals surface area contributed by atoms with Crippen molar-refractivity contribution >= 4 is 11.6 Å². The summed E-state index contributed by atoms with van der Waals surface area (Å²) >= 11 is 6.34. The van der Waals surface area contributed by atoms with Gasteiger partial charge in [0.1, 0.15) is 11.6 Å². The monoisotopic (exact) mass is 278 g/mol. The minimum absolute atomic E-state index is 0.456. The molecule has 3 rings (SSSR count). The molecule has 0 amide bonds. The minimum atomic E-state index is -0.596. The van der Waals surface area contributed by atoms with Gasteiger partial charge in [-0.2, -0.15) is 0 Å². The smallest absolute Gasteiger partial charge is 0.126 e. The van der Waals surface area contributed by atoms with Gasteiger partial charge >= 0.3 is 0 Å². The van der Waals surface area contributed by atoms with Gasteiger partial charge in [0.15, 0.2) is 0 Å². The van der Waals surface area contributed by atoms with Gasteiger partial charge < -0.3 is 0 Å². The normalized spacial score (nSPS) is 15.3. The van der Waals surface area contributed by atoms with E-state index >= 15 is 0 Å². The zero-order valence-electron chi connectivity index (χ0n) is 10.3. The summed E-state index contributed by atoms with van der Waals surface area (Å²) in [4.78, 5) is 0. The minimum Gasteiger partial charge on any atom is -0.207 e. The van der Waals surface area contributed by atoms with Crippen LogP contribution < -0.4 is 0 Å². The zero-order valence-corrected chi connectivity index (χ0v) is 11.1. The first-order valence-electron chi connectivity index (χ1n) is 6.35. The Bertz CT molecular complexity index is 602. The van der Waals surface area contributed by atoms with Crippen molar-refractivity contribution in [3.63, 3.8) is 0 Å². The highest BCUT2D eigenvalue weighted by Crippen LogP contribution is 2.33. The van der Waals surface area contributed by atoms with E-state index in [1.165, 1.54) is 29.7 Å². The fourth-order valence-electron chi connectivity index (χ4n) is 2.66. The molecule has 0 aliphatic heterocycles. The predicted molar refractivity (Wildman–Crippen MR) is 72.5 cm³/mol. The summed E-state index contributed by atoms with van der Waals surface area (Å²) in [5.41, 5.74) is 4.02. The number of aryl methyl sites for hydroxylation is 2. The van der Waals surface area contributed by atoms with Crippen molar-refractivity contribution in [2.24, 2.45) is 0 Å². The molecule has 1 unspecified atom stereocenters. The Labute approximate surface area is 116 Å². The second-order valence-electron chi connectivity index (χ2n) is 4.95. The molecule has 0 aromatic heterocycles. The molecule has 0 spiro atoms. The molecule has 1 aliphatic rings. The third-order valence-electron chi connectivity index (χ3n) is 3.59. The van der Waals surface area contributed by atoms with Gasteiger partial charge in [0.05, 0.1) is 5.38 Å². The summed E-state index contributed by atoms with van der Waals surface area (Å²) < 4.78 is 26.4. The Hall–Kier alpha value is -1.41. The lowest BCUT2D eigenvalue weighted by atomic mass is 10.00. The SMILES string of the molecule is Fc1cc(F)cc(C(Cl)c2ccc3c(c2)CCC3)c1. The van der Waals surface area contributed by atoms with E-state index in [9.17, 15) is 8.78 Å². The number of hydrogen-bond acceptors (Lipinski definition) is 0. The van der Waals surface area contributed by atoms with Crippen molar-refractivity contribution in [2.75, 3.05) is 0 Å². The summed E-state index contributed by atoms with van der Waals surface area (Å²) in [7, 11) is 0. The van der Waals surface area contributed by atoms with E-state index in [0.717, 1.165) is 24.5 Å². The molecule has 0 radical (unpaired) electrons. The van der Waals surface area contributed by atoms with Crippen LogP contribution in [0.1, 0.15) is 34.1 Å². The maximum Gasteiger partial charge on any atom is 0.126 e. The average Bonchev–Trinajstić information content (AvgIpc) is 2.83. The third-order valence-corrected chi connectivity index (χ3v) is 4.10. The van der Waals surface area contributed by atoms with Crippen molar-refractivity contribution in [1.82, 2.24) is 0 Å². The maximum atomic E-state index is 13.2. The molecule has 1 aliphatic carbocycles. The molecular weight excluding hydrogens is 266 g/mol. The van der Waals surface area contributed by atoms with Gasteiger partial charge in [-0.1, -0.05) is 18.2 Å². The summed E-state index contributed by atoms with van der Waals surface area (Å²) in [6, 6.07) is 9.51. The van der Waals surface area contributed by atoms with Gasteiger partial charge in [-0.3, -0.25) is 0 Å². The van der Waals surface area contributed by atoms with Gasteiger partial charge in [-0.15, -0.1) is 11.6 Å². The molecule has 0 saturated heterocycles. The number of alkyl halides is 1. The highest BCUT2D eigenvalue weighted by molar-refractivity contribution is 6.22. The fraction of sp³-hybridized carbons (Fsp3) is 0.250. The summed E-state index contributed by atoms with van der Waals surface area (Å²) in [5.74, 6) is -1.19. The lowest BCUT2D eigenvalue weighted by Crippen LogP contribution is -1.97. The number of hydrogen-bond donors (Lipinski definition) is 0. The lowest BCUT2D eigenvalue weighted by Gasteiger charge is -2.12. The number of halogens is 3. The molecule has 2 aromatic rings. The molecule has 0 fully saturated rings. The predicted octanol–water partition coefficient (Wildman–Crippen LogP) is 4.78. The highest BCUT2D eigenvalue weighted by atomic mass is 35.5. The van der Waals surface area contributed by atoms with E-state index in [-0.39, 0.29) is 0 Å². The van der Waals surface area contributed by atoms with Crippen LogP contribution in [0.4, 0.5) is 8.78 Å². The van der Waals surface area contributed by atoms with E-state index in [0.29, 0.717) is 5.56 Å². The van der Waals surface area contributed by atoms with Gasteiger partial charge in [0.2, 0.25) is 0 Å². The molecule has 98 valence electrons. The fourth-order valence-corrected chi connectivity index (χ4v) is 2.93. The summed E-state index contributed by atoms with van der Waals surface area (Å²) in [6.45, 7) is 0. The molecule has 1 atom stereocenters. The quantitative estimate of drug-likeness (QED) is 0.694. The molecule has 0 saturated carbocycles. The van der Waals surface area contributed by atoms with Gasteiger partial charge in [0, 0.05) is 6.07 Å². The largest absolute Gasteiger partial charge is 0.207 e. The molecule has 2 aromatic carbocycles. The van der Waals surface area contributed by atoms with Gasteiger partial charge in [-0.05, 0) is 53.6 Å². The van der Waals surface area contributed by atoms with E-state index in [1.807, 2.05) is 6.07 Å². The molecule has 19 heavy (non-hydrogen) atoms. The van der Waals surface area contributed by atoms with Gasteiger partial charge in [0.25, 0.3) is 0 Å². The maximum absolute atomic E-state index is 13.2. The van der Waals surface area contributed by atoms with Crippen LogP contribution in [-0.4, -0.2) is 0 Å². The molecule has 0 nitrogen and oxygen atoms in total. The average molecular weight is 279 g/mol. The van der Waals surface area contributed by atoms with Crippen molar-refractivity contribution in [1.29, 1.82) is 0 Å². The lowest BCUT2D eigenvalue weighted by molar-refractivity contribution is 0.580. The molecule has 0 bridgehead atoms. The molecule has 3 heteroatoms. The Morgan fingerprint density at radius 1 is 0.842 bits per heavy atom. The van der Waals surface area contributed by atoms with Crippen molar-refractivity contribution < 1.29 is 8.78 Å². The first-order chi connectivity index (χ1) is 9.13. The van der Waals surface area contributed by atoms with E-state index in [4.69, 9.17) is 11.6 Å². The van der Waals surface area contributed by atoms with Crippen LogP contribution in [0.5, 0.6) is 0 Å². The second-order valence-corrected chi connectivity index (χ2v) is 5.38. The van der Waals surface area contributed by atoms with Crippen molar-refractivity contribution in [2.45, 2.75) is 24.6 Å². The van der Waals surface area contributed by atoms with Crippen LogP contribution in [0.2, 0.25) is 0 Å². The summed E-state index contributed by atoms with van der Waals surface area (Å²) in [5, 5.41) is -0.518. The first-order valence-corrected chi connectivity index (χ1v) is 6.79. The first kappa shape index (κ1) is 12.6. The van der Waals surface area contributed by atoms with Crippen LogP contribution in [0.15, 0.2) is 36.4 Å². The van der Waals surface area contributed by atoms with Gasteiger partial charge in [-0.25, -0.2) is 8.78 Å². The molecule has 0 heterocycles. The highest BCUT2D eigenvalue weighted by Gasteiger charge is 2.17. The standard InChI is InChI=1S/C16H13ClF2/c17-16(13-7-14(18)9-15(19)8-13)12-5-4-10-2-1-3-11(10)6-12/h4-9,16H,1-3H2. The van der Waals surface area contributed by atoms with Crippen LogP contribution in [0.25, 0.3) is 0 Å². The second kappa shape index (κ2) is 4.93. The Morgan fingerprint density at radius 2 is 1.53 bits per heavy atom. The van der Waals surface area contributed by atoms with Crippen molar-refractivity contribution in [3.05, 3.63) is 70.3 Å². The Balaban J connectivity index is 1.97. The van der Waals surface area contributed by atoms with E-state index in [2.05, 4.69) is 12.1 Å². The van der Waals surface area contributed by atoms with Crippen LogP contribution >= 0.6 is 11.6 Å². The number of benzene rings is 2.